The van der Waals surface area contributed by atoms with Gasteiger partial charge in [-0.3, -0.25) is 4.79 Å². The van der Waals surface area contributed by atoms with Gasteiger partial charge in [-0.15, -0.1) is 16.7 Å². The van der Waals surface area contributed by atoms with Gasteiger partial charge in [-0.25, -0.2) is 9.07 Å². The van der Waals surface area contributed by atoms with Gasteiger partial charge in [0.15, 0.2) is 11.4 Å². The van der Waals surface area contributed by atoms with E-state index in [1.54, 1.807) is 0 Å². The molecule has 1 amide bonds. The number of hydrogen-bond donors (Lipinski definition) is 1. The molecule has 0 spiro atoms. The zero-order valence-corrected chi connectivity index (χ0v) is 14.0. The molecule has 0 aliphatic heterocycles. The van der Waals surface area contributed by atoms with E-state index < -0.39 is 52.5 Å². The number of hydrogen-bond acceptors (Lipinski definition) is 5. The fourth-order valence-corrected chi connectivity index (χ4v) is 3.17. The van der Waals surface area contributed by atoms with Crippen molar-refractivity contribution >= 4 is 29.1 Å². The Morgan fingerprint density at radius 3 is 2.64 bits per heavy atom. The molecule has 0 radical (unpaired) electrons. The summed E-state index contributed by atoms with van der Waals surface area (Å²) in [6.45, 7) is -0.892. The van der Waals surface area contributed by atoms with Crippen molar-refractivity contribution in [2.75, 3.05) is 6.61 Å². The first kappa shape index (κ1) is 19.6. The molecule has 7 nitrogen and oxygen atoms in total. The van der Waals surface area contributed by atoms with E-state index in [9.17, 15) is 22.4 Å². The summed E-state index contributed by atoms with van der Waals surface area (Å²) in [5.41, 5.74) is 2.29. The minimum Gasteiger partial charge on any atom is -0.366 e. The minimum atomic E-state index is -4.53. The second-order valence-electron chi connectivity index (χ2n) is 5.06. The van der Waals surface area contributed by atoms with Crippen LogP contribution in [0.3, 0.4) is 0 Å². The van der Waals surface area contributed by atoms with Gasteiger partial charge in [0, 0.05) is 7.05 Å². The first-order valence-electron chi connectivity index (χ1n) is 6.65. The van der Waals surface area contributed by atoms with E-state index in [0.29, 0.717) is 6.08 Å². The maximum absolute atomic E-state index is 14.0. The number of alkyl halides is 4. The molecule has 0 saturated carbocycles. The highest BCUT2D eigenvalue weighted by Gasteiger charge is 2.54. The third kappa shape index (κ3) is 3.62. The molecule has 1 aliphatic rings. The molecular weight excluding hydrogens is 393 g/mol. The summed E-state index contributed by atoms with van der Waals surface area (Å²) in [6, 6.07) is 0. The van der Waals surface area contributed by atoms with Crippen LogP contribution in [0.2, 0.25) is 0 Å². The molecule has 2 unspecified atom stereocenters. The summed E-state index contributed by atoms with van der Waals surface area (Å²) in [7, 11) is 1.34. The predicted molar refractivity (Wildman–Crippen MR) is 78.0 cm³/mol. The van der Waals surface area contributed by atoms with Crippen LogP contribution >= 0.6 is 23.2 Å². The SMILES string of the molecule is Cn1nnnc1C1(OCCC(F)(F)F)C(Cl)=CC(F)=C(C(N)=O)C1Cl. The van der Waals surface area contributed by atoms with Crippen molar-refractivity contribution < 1.29 is 27.1 Å². The summed E-state index contributed by atoms with van der Waals surface area (Å²) in [5, 5.41) is 8.39. The number of primary amides is 1. The molecule has 2 N–H and O–H groups in total. The quantitative estimate of drug-likeness (QED) is 0.597. The van der Waals surface area contributed by atoms with Gasteiger partial charge in [0.05, 0.1) is 23.6 Å². The van der Waals surface area contributed by atoms with Crippen LogP contribution in [0, 0.1) is 0 Å². The Morgan fingerprint density at radius 2 is 2.16 bits per heavy atom. The lowest BCUT2D eigenvalue weighted by Crippen LogP contribution is -2.47. The van der Waals surface area contributed by atoms with E-state index in [1.807, 2.05) is 0 Å². The smallest absolute Gasteiger partial charge is 0.366 e. The maximum atomic E-state index is 14.0. The van der Waals surface area contributed by atoms with Gasteiger partial charge in [-0.05, 0) is 16.5 Å². The molecule has 2 rings (SSSR count). The number of nitrogens with zero attached hydrogens (tertiary/aromatic N) is 4. The second kappa shape index (κ2) is 6.89. The monoisotopic (exact) mass is 403 g/mol. The maximum Gasteiger partial charge on any atom is 0.391 e. The van der Waals surface area contributed by atoms with E-state index in [4.69, 9.17) is 33.7 Å². The number of tetrazole rings is 1. The van der Waals surface area contributed by atoms with Crippen molar-refractivity contribution in [2.45, 2.75) is 23.6 Å². The second-order valence-corrected chi connectivity index (χ2v) is 5.90. The fourth-order valence-electron chi connectivity index (χ4n) is 2.28. The molecule has 0 fully saturated rings. The molecule has 0 bridgehead atoms. The van der Waals surface area contributed by atoms with E-state index in [-0.39, 0.29) is 5.82 Å². The Balaban J connectivity index is 2.55. The number of carbonyl (C=O) groups excluding carboxylic acids is 1. The number of rotatable bonds is 5. The molecule has 1 aliphatic carbocycles. The third-order valence-electron chi connectivity index (χ3n) is 3.41. The summed E-state index contributed by atoms with van der Waals surface area (Å²) in [4.78, 5) is 11.5. The molecule has 1 aromatic heterocycles. The number of amides is 1. The number of ether oxygens (including phenoxy) is 1. The van der Waals surface area contributed by atoms with Crippen molar-refractivity contribution in [3.63, 3.8) is 0 Å². The van der Waals surface area contributed by atoms with Crippen molar-refractivity contribution in [1.29, 1.82) is 0 Å². The summed E-state index contributed by atoms with van der Waals surface area (Å²) < 4.78 is 57.8. The number of allylic oxidation sites excluding steroid dienone is 2. The van der Waals surface area contributed by atoms with Crippen LogP contribution in [-0.4, -0.2) is 44.3 Å². The van der Waals surface area contributed by atoms with E-state index >= 15 is 0 Å². The lowest BCUT2D eigenvalue weighted by atomic mass is 9.86. The van der Waals surface area contributed by atoms with Gasteiger partial charge in [-0.2, -0.15) is 13.2 Å². The lowest BCUT2D eigenvalue weighted by molar-refractivity contribution is -0.156. The minimum absolute atomic E-state index is 0.220. The summed E-state index contributed by atoms with van der Waals surface area (Å²) in [5.74, 6) is -2.57. The van der Waals surface area contributed by atoms with E-state index in [0.717, 1.165) is 4.68 Å². The van der Waals surface area contributed by atoms with Crippen LogP contribution in [0.5, 0.6) is 0 Å². The van der Waals surface area contributed by atoms with Crippen LogP contribution < -0.4 is 5.73 Å². The van der Waals surface area contributed by atoms with Gasteiger partial charge in [0.2, 0.25) is 5.91 Å². The Kier molecular flexibility index (Phi) is 5.40. The average molecular weight is 404 g/mol. The fraction of sp³-hybridized carbons (Fsp3) is 0.500. The molecule has 1 aromatic rings. The van der Waals surface area contributed by atoms with Gasteiger partial charge in [-0.1, -0.05) is 11.6 Å². The molecule has 1 heterocycles. The zero-order chi connectivity index (χ0) is 19.0. The van der Waals surface area contributed by atoms with Crippen molar-refractivity contribution in [3.05, 3.63) is 28.3 Å². The third-order valence-corrected chi connectivity index (χ3v) is 4.32. The highest BCUT2D eigenvalue weighted by atomic mass is 35.5. The molecular formula is C12H11Cl2F4N5O2. The Bertz CT molecular complexity index is 748. The molecule has 25 heavy (non-hydrogen) atoms. The molecule has 13 heteroatoms. The molecule has 2 atom stereocenters. The predicted octanol–water partition coefficient (Wildman–Crippen LogP) is 1.83. The van der Waals surface area contributed by atoms with Gasteiger partial charge in [0.1, 0.15) is 11.2 Å². The van der Waals surface area contributed by atoms with Crippen molar-refractivity contribution in [2.24, 2.45) is 12.8 Å². The average Bonchev–Trinajstić information content (AvgIpc) is 2.87. The normalized spacial score (nSPS) is 24.4. The largest absolute Gasteiger partial charge is 0.391 e. The number of carbonyl (C=O) groups is 1. The van der Waals surface area contributed by atoms with Gasteiger partial charge >= 0.3 is 6.18 Å². The highest BCUT2D eigenvalue weighted by Crippen LogP contribution is 2.48. The Hall–Kier alpha value is -1.72. The summed E-state index contributed by atoms with van der Waals surface area (Å²) in [6.07, 6.45) is -5.19. The van der Waals surface area contributed by atoms with E-state index in [1.165, 1.54) is 7.05 Å². The first-order chi connectivity index (χ1) is 11.5. The van der Waals surface area contributed by atoms with Crippen LogP contribution in [0.25, 0.3) is 0 Å². The van der Waals surface area contributed by atoms with Crippen molar-refractivity contribution in [3.8, 4) is 0 Å². The molecule has 138 valence electrons. The van der Waals surface area contributed by atoms with Crippen molar-refractivity contribution in [1.82, 2.24) is 20.2 Å². The van der Waals surface area contributed by atoms with Crippen LogP contribution in [0.1, 0.15) is 12.2 Å². The summed E-state index contributed by atoms with van der Waals surface area (Å²) >= 11 is 12.2. The number of halogens is 6. The number of aryl methyl sites for hydroxylation is 1. The standard InChI is InChI=1S/C12H11Cl2F4N5O2/c1-23-10(20-21-22-23)12(25-3-2-11(16,17)18)6(13)4-5(15)7(8(12)14)9(19)24/h4,8H,2-3H2,1H3,(H2,19,24). The van der Waals surface area contributed by atoms with E-state index in [2.05, 4.69) is 15.5 Å². The Labute approximate surface area is 148 Å². The van der Waals surface area contributed by atoms with Gasteiger partial charge < -0.3 is 10.5 Å². The van der Waals surface area contributed by atoms with Gasteiger partial charge in [0.25, 0.3) is 0 Å². The lowest BCUT2D eigenvalue weighted by Gasteiger charge is -2.38. The van der Waals surface area contributed by atoms with Crippen LogP contribution in [-0.2, 0) is 22.2 Å². The van der Waals surface area contributed by atoms with Crippen LogP contribution in [0.15, 0.2) is 22.5 Å². The highest BCUT2D eigenvalue weighted by molar-refractivity contribution is 6.34. The molecule has 0 saturated heterocycles. The van der Waals surface area contributed by atoms with Crippen LogP contribution in [0.4, 0.5) is 17.6 Å². The zero-order valence-electron chi connectivity index (χ0n) is 12.5. The Morgan fingerprint density at radius 1 is 1.52 bits per heavy atom. The number of nitrogens with two attached hydrogens (primary N) is 1. The molecule has 0 aromatic carbocycles. The topological polar surface area (TPSA) is 95.9 Å². The first-order valence-corrected chi connectivity index (χ1v) is 7.47. The number of aromatic nitrogens is 4.